The molecule has 0 atom stereocenters. The van der Waals surface area contributed by atoms with Gasteiger partial charge in [0.25, 0.3) is 0 Å². The van der Waals surface area contributed by atoms with E-state index in [1.807, 2.05) is 42.5 Å². The molecule has 0 radical (unpaired) electrons. The average Bonchev–Trinajstić information content (AvgIpc) is 2.36. The molecule has 2 nitrogen and oxygen atoms in total. The number of hydrogen-bond acceptors (Lipinski definition) is 2. The van der Waals surface area contributed by atoms with Crippen molar-refractivity contribution in [1.82, 2.24) is 0 Å². The minimum Gasteiger partial charge on any atom is -0.481 e. The first-order valence-electron chi connectivity index (χ1n) is 5.48. The summed E-state index contributed by atoms with van der Waals surface area (Å²) in [6.45, 7) is 0. The standard InChI is InChI=1S/C14H10BrIO2S/c15-10-1-3-11(4-2-10)19-12-5-6-13(16)9(7-12)8-14(17)18/h1-7H,8H2,(H,17,18). The first-order chi connectivity index (χ1) is 9.04. The Kier molecular flexibility index (Phi) is 5.29. The smallest absolute Gasteiger partial charge is 0.307 e. The fourth-order valence-electron chi connectivity index (χ4n) is 1.55. The summed E-state index contributed by atoms with van der Waals surface area (Å²) in [5.41, 5.74) is 0.857. The van der Waals surface area contributed by atoms with Gasteiger partial charge in [0.15, 0.2) is 0 Å². The number of aliphatic carboxylic acids is 1. The molecule has 0 spiro atoms. The van der Waals surface area contributed by atoms with Gasteiger partial charge in [-0.25, -0.2) is 0 Å². The lowest BCUT2D eigenvalue weighted by atomic mass is 10.2. The van der Waals surface area contributed by atoms with Gasteiger partial charge in [-0.2, -0.15) is 0 Å². The Morgan fingerprint density at radius 3 is 2.42 bits per heavy atom. The Morgan fingerprint density at radius 1 is 1.16 bits per heavy atom. The van der Waals surface area contributed by atoms with Gasteiger partial charge in [-0.3, -0.25) is 4.79 Å². The molecule has 0 aliphatic heterocycles. The molecular weight excluding hydrogens is 439 g/mol. The van der Waals surface area contributed by atoms with Crippen LogP contribution in [0.2, 0.25) is 0 Å². The number of carboxylic acid groups (broad SMARTS) is 1. The molecule has 1 N–H and O–H groups in total. The van der Waals surface area contributed by atoms with Crippen molar-refractivity contribution < 1.29 is 9.90 Å². The molecule has 5 heteroatoms. The van der Waals surface area contributed by atoms with Gasteiger partial charge in [-0.15, -0.1) is 0 Å². The molecule has 0 bridgehead atoms. The van der Waals surface area contributed by atoms with Crippen LogP contribution in [0.3, 0.4) is 0 Å². The van der Waals surface area contributed by atoms with Crippen LogP contribution in [0.25, 0.3) is 0 Å². The van der Waals surface area contributed by atoms with Crippen LogP contribution in [0.15, 0.2) is 56.7 Å². The van der Waals surface area contributed by atoms with Gasteiger partial charge in [0.2, 0.25) is 0 Å². The van der Waals surface area contributed by atoms with E-state index in [2.05, 4.69) is 38.5 Å². The molecule has 2 rings (SSSR count). The topological polar surface area (TPSA) is 37.3 Å². The van der Waals surface area contributed by atoms with E-state index in [9.17, 15) is 4.79 Å². The summed E-state index contributed by atoms with van der Waals surface area (Å²) in [6, 6.07) is 14.0. The summed E-state index contributed by atoms with van der Waals surface area (Å²) in [6.07, 6.45) is 0.0625. The average molecular weight is 449 g/mol. The van der Waals surface area contributed by atoms with Gasteiger partial charge >= 0.3 is 5.97 Å². The zero-order valence-corrected chi connectivity index (χ0v) is 14.3. The predicted octanol–water partition coefficient (Wildman–Crippen LogP) is 4.83. The second kappa shape index (κ2) is 6.76. The van der Waals surface area contributed by atoms with Crippen molar-refractivity contribution in [3.8, 4) is 0 Å². The zero-order chi connectivity index (χ0) is 13.8. The highest BCUT2D eigenvalue weighted by Crippen LogP contribution is 2.30. The molecule has 0 saturated heterocycles. The summed E-state index contributed by atoms with van der Waals surface area (Å²) < 4.78 is 2.03. The van der Waals surface area contributed by atoms with Crippen LogP contribution in [0.4, 0.5) is 0 Å². The van der Waals surface area contributed by atoms with E-state index in [-0.39, 0.29) is 6.42 Å². The molecule has 0 amide bonds. The summed E-state index contributed by atoms with van der Waals surface area (Å²) in [7, 11) is 0. The SMILES string of the molecule is O=C(O)Cc1cc(Sc2ccc(Br)cc2)ccc1I. The molecule has 0 aliphatic carbocycles. The third kappa shape index (κ3) is 4.50. The molecule has 2 aromatic carbocycles. The fourth-order valence-corrected chi connectivity index (χ4v) is 3.22. The molecule has 0 unspecified atom stereocenters. The van der Waals surface area contributed by atoms with Gasteiger partial charge in [0, 0.05) is 17.8 Å². The number of carbonyl (C=O) groups is 1. The molecule has 0 saturated carbocycles. The maximum Gasteiger partial charge on any atom is 0.307 e. The van der Waals surface area contributed by atoms with E-state index in [1.165, 1.54) is 0 Å². The summed E-state index contributed by atoms with van der Waals surface area (Å²) in [4.78, 5) is 13.0. The van der Waals surface area contributed by atoms with Crippen molar-refractivity contribution in [2.24, 2.45) is 0 Å². The van der Waals surface area contributed by atoms with Crippen LogP contribution >= 0.6 is 50.3 Å². The number of hydrogen-bond donors (Lipinski definition) is 1. The van der Waals surface area contributed by atoms with Crippen molar-refractivity contribution in [3.63, 3.8) is 0 Å². The Morgan fingerprint density at radius 2 is 1.79 bits per heavy atom. The molecule has 0 fully saturated rings. The summed E-state index contributed by atoms with van der Waals surface area (Å²) >= 11 is 7.20. The lowest BCUT2D eigenvalue weighted by molar-refractivity contribution is -0.136. The predicted molar refractivity (Wildman–Crippen MR) is 88.8 cm³/mol. The second-order valence-corrected chi connectivity index (χ2v) is 7.10. The minimum absolute atomic E-state index is 0.0625. The van der Waals surface area contributed by atoms with Gasteiger partial charge in [-0.05, 0) is 70.6 Å². The van der Waals surface area contributed by atoms with Gasteiger partial charge in [-0.1, -0.05) is 27.7 Å². The molecule has 98 valence electrons. The lowest BCUT2D eigenvalue weighted by Gasteiger charge is -2.06. The number of rotatable bonds is 4. The Hall–Kier alpha value is -0.530. The van der Waals surface area contributed by atoms with Crippen LogP contribution in [-0.4, -0.2) is 11.1 Å². The number of halogens is 2. The molecular formula is C14H10BrIO2S. The number of carboxylic acids is 1. The maximum absolute atomic E-state index is 10.8. The highest BCUT2D eigenvalue weighted by molar-refractivity contribution is 14.1. The van der Waals surface area contributed by atoms with Gasteiger partial charge < -0.3 is 5.11 Å². The van der Waals surface area contributed by atoms with Gasteiger partial charge in [0.1, 0.15) is 0 Å². The molecule has 0 aromatic heterocycles. The molecule has 19 heavy (non-hydrogen) atoms. The molecule has 0 heterocycles. The first kappa shape index (κ1) is 14.9. The van der Waals surface area contributed by atoms with Crippen LogP contribution < -0.4 is 0 Å². The second-order valence-electron chi connectivity index (χ2n) is 3.88. The van der Waals surface area contributed by atoms with E-state index in [0.29, 0.717) is 0 Å². The van der Waals surface area contributed by atoms with Crippen molar-refractivity contribution in [3.05, 3.63) is 56.1 Å². The highest BCUT2D eigenvalue weighted by Gasteiger charge is 2.07. The van der Waals surface area contributed by atoms with E-state index >= 15 is 0 Å². The fraction of sp³-hybridized carbons (Fsp3) is 0.0714. The number of benzene rings is 2. The maximum atomic E-state index is 10.8. The minimum atomic E-state index is -0.802. The first-order valence-corrected chi connectivity index (χ1v) is 8.17. The largest absolute Gasteiger partial charge is 0.481 e. The van der Waals surface area contributed by atoms with Gasteiger partial charge in [0.05, 0.1) is 6.42 Å². The van der Waals surface area contributed by atoms with Crippen LogP contribution in [0.5, 0.6) is 0 Å². The van der Waals surface area contributed by atoms with Crippen molar-refractivity contribution >= 4 is 56.3 Å². The van der Waals surface area contributed by atoms with E-state index in [0.717, 1.165) is 23.4 Å². The normalized spacial score (nSPS) is 10.4. The quantitative estimate of drug-likeness (QED) is 0.680. The summed E-state index contributed by atoms with van der Waals surface area (Å²) in [5, 5.41) is 8.89. The Bertz CT molecular complexity index is 599. The summed E-state index contributed by atoms with van der Waals surface area (Å²) in [5.74, 6) is -0.802. The molecule has 0 aliphatic rings. The Balaban J connectivity index is 2.21. The van der Waals surface area contributed by atoms with Crippen LogP contribution in [0.1, 0.15) is 5.56 Å². The third-order valence-corrected chi connectivity index (χ3v) is 4.99. The van der Waals surface area contributed by atoms with Crippen molar-refractivity contribution in [2.75, 3.05) is 0 Å². The van der Waals surface area contributed by atoms with E-state index in [4.69, 9.17) is 5.11 Å². The van der Waals surface area contributed by atoms with Crippen LogP contribution in [0, 0.1) is 3.57 Å². The highest BCUT2D eigenvalue weighted by atomic mass is 127. The van der Waals surface area contributed by atoms with Crippen molar-refractivity contribution in [1.29, 1.82) is 0 Å². The Labute approximate surface area is 137 Å². The lowest BCUT2D eigenvalue weighted by Crippen LogP contribution is -2.01. The van der Waals surface area contributed by atoms with E-state index in [1.54, 1.807) is 11.8 Å². The molecule has 2 aromatic rings. The van der Waals surface area contributed by atoms with E-state index < -0.39 is 5.97 Å². The third-order valence-electron chi connectivity index (χ3n) is 2.41. The zero-order valence-electron chi connectivity index (χ0n) is 9.77. The monoisotopic (exact) mass is 448 g/mol. The van der Waals surface area contributed by atoms with Crippen LogP contribution in [-0.2, 0) is 11.2 Å². The van der Waals surface area contributed by atoms with Crippen molar-refractivity contribution in [2.45, 2.75) is 16.2 Å².